The lowest BCUT2D eigenvalue weighted by Crippen LogP contribution is -2.03. The molecule has 0 amide bonds. The van der Waals surface area contributed by atoms with Crippen LogP contribution in [0, 0.1) is 6.92 Å². The summed E-state index contributed by atoms with van der Waals surface area (Å²) in [7, 11) is 1.63. The van der Waals surface area contributed by atoms with Gasteiger partial charge in [-0.1, -0.05) is 30.0 Å². The van der Waals surface area contributed by atoms with Crippen molar-refractivity contribution < 1.29 is 9.53 Å². The first kappa shape index (κ1) is 17.4. The normalized spacial score (nSPS) is 11.0. The number of carbonyl (C=O) groups excluding carboxylic acids is 1. The minimum absolute atomic E-state index is 0.0609. The molecule has 0 aliphatic heterocycles. The molecule has 27 heavy (non-hydrogen) atoms. The first-order chi connectivity index (χ1) is 13.2. The summed E-state index contributed by atoms with van der Waals surface area (Å²) in [6.07, 6.45) is 0. The minimum Gasteiger partial charge on any atom is -0.497 e. The predicted molar refractivity (Wildman–Crippen MR) is 106 cm³/mol. The third-order valence-corrected chi connectivity index (χ3v) is 5.18. The number of aromatic nitrogens is 4. The van der Waals surface area contributed by atoms with Gasteiger partial charge in [0.25, 0.3) is 0 Å². The molecule has 2 N–H and O–H groups in total. The zero-order valence-electron chi connectivity index (χ0n) is 14.9. The van der Waals surface area contributed by atoms with Gasteiger partial charge >= 0.3 is 0 Å². The lowest BCUT2D eigenvalue weighted by atomic mass is 10.1. The van der Waals surface area contributed by atoms with Crippen LogP contribution in [-0.4, -0.2) is 38.8 Å². The summed E-state index contributed by atoms with van der Waals surface area (Å²) in [5, 5.41) is 8.63. The molecular formula is C20H18N4O2S. The van der Waals surface area contributed by atoms with Gasteiger partial charge in [0.1, 0.15) is 5.75 Å². The van der Waals surface area contributed by atoms with Gasteiger partial charge in [-0.15, -0.1) is 5.10 Å². The largest absolute Gasteiger partial charge is 0.497 e. The summed E-state index contributed by atoms with van der Waals surface area (Å²) in [5.41, 5.74) is 3.51. The number of fused-ring (bicyclic) bond motifs is 1. The summed E-state index contributed by atoms with van der Waals surface area (Å²) in [4.78, 5) is 20.5. The van der Waals surface area contributed by atoms with E-state index >= 15 is 0 Å². The number of H-pyrrole nitrogens is 2. The molecule has 136 valence electrons. The van der Waals surface area contributed by atoms with Gasteiger partial charge < -0.3 is 9.72 Å². The first-order valence-corrected chi connectivity index (χ1v) is 9.44. The number of carbonyl (C=O) groups is 1. The van der Waals surface area contributed by atoms with Gasteiger partial charge in [-0.25, -0.2) is 4.98 Å². The highest BCUT2D eigenvalue weighted by Crippen LogP contribution is 2.26. The number of methoxy groups -OCH3 is 1. The number of hydrogen-bond donors (Lipinski definition) is 2. The number of ether oxygens (including phenoxy) is 1. The Hall–Kier alpha value is -3.06. The molecule has 0 saturated carbocycles. The van der Waals surface area contributed by atoms with E-state index in [9.17, 15) is 4.79 Å². The first-order valence-electron chi connectivity index (χ1n) is 8.46. The number of aryl methyl sites for hydroxylation is 1. The van der Waals surface area contributed by atoms with Gasteiger partial charge in [-0.3, -0.25) is 9.89 Å². The SMILES string of the molecule is COc1ccc(-c2nc(SCC(=O)c3c(C)[nH]c4ccccc34)n[nH]2)cc1. The molecule has 7 heteroatoms. The Morgan fingerprint density at radius 2 is 1.93 bits per heavy atom. The second-order valence-corrected chi connectivity index (χ2v) is 7.02. The molecule has 0 atom stereocenters. The van der Waals surface area contributed by atoms with E-state index in [0.717, 1.165) is 33.5 Å². The predicted octanol–water partition coefficient (Wildman–Crippen LogP) is 4.25. The summed E-state index contributed by atoms with van der Waals surface area (Å²) in [5.74, 6) is 1.79. The highest BCUT2D eigenvalue weighted by Gasteiger charge is 2.17. The van der Waals surface area contributed by atoms with E-state index in [1.54, 1.807) is 7.11 Å². The number of para-hydroxylation sites is 1. The quantitative estimate of drug-likeness (QED) is 0.387. The number of ketones is 1. The fraction of sp³-hybridized carbons (Fsp3) is 0.150. The maximum absolute atomic E-state index is 12.7. The summed E-state index contributed by atoms with van der Waals surface area (Å²) < 4.78 is 5.16. The number of Topliss-reactive ketones (excluding diaryl/α,β-unsaturated/α-hetero) is 1. The van der Waals surface area contributed by atoms with E-state index in [1.807, 2.05) is 55.5 Å². The van der Waals surface area contributed by atoms with Gasteiger partial charge in [0, 0.05) is 27.7 Å². The number of thioether (sulfide) groups is 1. The average molecular weight is 378 g/mol. The van der Waals surface area contributed by atoms with Crippen LogP contribution in [0.2, 0.25) is 0 Å². The van der Waals surface area contributed by atoms with Crippen LogP contribution in [0.15, 0.2) is 53.7 Å². The van der Waals surface area contributed by atoms with Crippen molar-refractivity contribution in [2.24, 2.45) is 0 Å². The molecule has 0 fully saturated rings. The third-order valence-electron chi connectivity index (χ3n) is 4.33. The summed E-state index contributed by atoms with van der Waals surface area (Å²) >= 11 is 1.33. The van der Waals surface area contributed by atoms with Crippen molar-refractivity contribution in [2.75, 3.05) is 12.9 Å². The molecule has 0 unspecified atom stereocenters. The van der Waals surface area contributed by atoms with E-state index in [1.165, 1.54) is 11.8 Å². The number of rotatable bonds is 6. The van der Waals surface area contributed by atoms with Crippen LogP contribution in [0.25, 0.3) is 22.3 Å². The van der Waals surface area contributed by atoms with Crippen molar-refractivity contribution in [3.05, 3.63) is 59.8 Å². The Labute approximate surface area is 160 Å². The highest BCUT2D eigenvalue weighted by molar-refractivity contribution is 7.99. The minimum atomic E-state index is 0.0609. The van der Waals surface area contributed by atoms with Crippen LogP contribution in [-0.2, 0) is 0 Å². The van der Waals surface area contributed by atoms with E-state index < -0.39 is 0 Å². The fourth-order valence-corrected chi connectivity index (χ4v) is 3.70. The third kappa shape index (κ3) is 3.46. The summed E-state index contributed by atoms with van der Waals surface area (Å²) in [6, 6.07) is 15.4. The average Bonchev–Trinajstić information content (AvgIpc) is 3.30. The van der Waals surface area contributed by atoms with Crippen LogP contribution in [0.1, 0.15) is 16.1 Å². The maximum Gasteiger partial charge on any atom is 0.209 e. The lowest BCUT2D eigenvalue weighted by Gasteiger charge is -2.00. The van der Waals surface area contributed by atoms with E-state index in [-0.39, 0.29) is 11.5 Å². The van der Waals surface area contributed by atoms with Gasteiger partial charge in [-0.05, 0) is 37.3 Å². The maximum atomic E-state index is 12.7. The topological polar surface area (TPSA) is 83.7 Å². The smallest absolute Gasteiger partial charge is 0.209 e. The second-order valence-electron chi connectivity index (χ2n) is 6.08. The molecule has 0 bridgehead atoms. The van der Waals surface area contributed by atoms with Crippen LogP contribution in [0.5, 0.6) is 5.75 Å². The van der Waals surface area contributed by atoms with Crippen LogP contribution in [0.4, 0.5) is 0 Å². The van der Waals surface area contributed by atoms with Crippen molar-refractivity contribution in [3.8, 4) is 17.1 Å². The molecule has 4 rings (SSSR count). The highest BCUT2D eigenvalue weighted by atomic mass is 32.2. The van der Waals surface area contributed by atoms with Gasteiger partial charge in [0.05, 0.1) is 12.9 Å². The monoisotopic (exact) mass is 378 g/mol. The molecule has 6 nitrogen and oxygen atoms in total. The molecule has 0 aliphatic rings. The Kier molecular flexibility index (Phi) is 4.68. The zero-order valence-corrected chi connectivity index (χ0v) is 15.8. The second kappa shape index (κ2) is 7.28. The van der Waals surface area contributed by atoms with Crippen molar-refractivity contribution >= 4 is 28.4 Å². The fourth-order valence-electron chi connectivity index (χ4n) is 3.03. The van der Waals surface area contributed by atoms with Crippen molar-refractivity contribution in [1.29, 1.82) is 0 Å². The number of benzene rings is 2. The van der Waals surface area contributed by atoms with Crippen molar-refractivity contribution in [1.82, 2.24) is 20.2 Å². The van der Waals surface area contributed by atoms with Crippen LogP contribution in [0.3, 0.4) is 0 Å². The summed E-state index contributed by atoms with van der Waals surface area (Å²) in [6.45, 7) is 1.92. The van der Waals surface area contributed by atoms with Crippen LogP contribution < -0.4 is 4.74 Å². The molecule has 2 heterocycles. The van der Waals surface area contributed by atoms with Crippen LogP contribution >= 0.6 is 11.8 Å². The molecule has 0 radical (unpaired) electrons. The van der Waals surface area contributed by atoms with Gasteiger partial charge in [0.2, 0.25) is 5.16 Å². The lowest BCUT2D eigenvalue weighted by molar-refractivity contribution is 0.102. The molecule has 0 aliphatic carbocycles. The number of nitrogens with one attached hydrogen (secondary N) is 2. The number of hydrogen-bond acceptors (Lipinski definition) is 5. The van der Waals surface area contributed by atoms with E-state index in [4.69, 9.17) is 4.74 Å². The van der Waals surface area contributed by atoms with Gasteiger partial charge in [0.15, 0.2) is 11.6 Å². The number of nitrogens with zero attached hydrogens (tertiary/aromatic N) is 2. The Bertz CT molecular complexity index is 1100. The van der Waals surface area contributed by atoms with Crippen molar-refractivity contribution in [3.63, 3.8) is 0 Å². The Balaban J connectivity index is 1.48. The standard InChI is InChI=1S/C20H18N4O2S/c1-12-18(15-5-3-4-6-16(15)21-12)17(25)11-27-20-22-19(23-24-20)13-7-9-14(26-2)10-8-13/h3-10,21H,11H2,1-2H3,(H,22,23,24). The van der Waals surface area contributed by atoms with E-state index in [2.05, 4.69) is 20.2 Å². The van der Waals surface area contributed by atoms with Gasteiger partial charge in [-0.2, -0.15) is 0 Å². The molecule has 4 aromatic rings. The zero-order chi connectivity index (χ0) is 18.8. The van der Waals surface area contributed by atoms with E-state index in [0.29, 0.717) is 11.0 Å². The van der Waals surface area contributed by atoms with Crippen molar-refractivity contribution in [2.45, 2.75) is 12.1 Å². The molecule has 0 spiro atoms. The molecular weight excluding hydrogens is 360 g/mol. The molecule has 0 saturated heterocycles. The molecule has 2 aromatic carbocycles. The molecule has 2 aromatic heterocycles. The number of aromatic amines is 2. The Morgan fingerprint density at radius 1 is 1.15 bits per heavy atom. The Morgan fingerprint density at radius 3 is 2.70 bits per heavy atom.